The lowest BCUT2D eigenvalue weighted by Crippen LogP contribution is -2.08. The van der Waals surface area contributed by atoms with Crippen molar-refractivity contribution in [2.75, 3.05) is 7.11 Å². The van der Waals surface area contributed by atoms with Crippen LogP contribution in [0.5, 0.6) is 5.75 Å². The number of methoxy groups -OCH3 is 1. The molecule has 1 aromatic carbocycles. The Hall–Kier alpha value is -1.92. The standard InChI is InChI=1S/C20H30O6/c1-14(21)12-16(22)8-6-4-3-5-7-9-18(23)17-13-15(20(24)25)10-11-19(17)26-2/h10-11,13-14,18,21,23H,3-9,12H2,1-2H3,(H,24,25). The van der Waals surface area contributed by atoms with Crippen LogP contribution in [0, 0.1) is 0 Å². The predicted molar refractivity (Wildman–Crippen MR) is 98.5 cm³/mol. The number of carboxylic acid groups (broad SMARTS) is 1. The van der Waals surface area contributed by atoms with Crippen LogP contribution in [0.2, 0.25) is 0 Å². The summed E-state index contributed by atoms with van der Waals surface area (Å²) in [7, 11) is 1.49. The molecule has 0 aliphatic heterocycles. The first-order valence-corrected chi connectivity index (χ1v) is 9.14. The van der Waals surface area contributed by atoms with Crippen molar-refractivity contribution in [1.29, 1.82) is 0 Å². The number of aromatic carboxylic acids is 1. The van der Waals surface area contributed by atoms with E-state index >= 15 is 0 Å². The molecule has 0 aliphatic carbocycles. The summed E-state index contributed by atoms with van der Waals surface area (Å²) in [6.07, 6.45) is 4.41. The van der Waals surface area contributed by atoms with E-state index in [1.165, 1.54) is 19.2 Å². The lowest BCUT2D eigenvalue weighted by molar-refractivity contribution is -0.120. The van der Waals surface area contributed by atoms with Gasteiger partial charge in [0.15, 0.2) is 0 Å². The number of unbranched alkanes of at least 4 members (excludes halogenated alkanes) is 4. The van der Waals surface area contributed by atoms with E-state index in [4.69, 9.17) is 14.9 Å². The second-order valence-electron chi connectivity index (χ2n) is 6.68. The highest BCUT2D eigenvalue weighted by molar-refractivity contribution is 5.88. The van der Waals surface area contributed by atoms with E-state index in [0.717, 1.165) is 32.1 Å². The van der Waals surface area contributed by atoms with Crippen molar-refractivity contribution in [3.05, 3.63) is 29.3 Å². The van der Waals surface area contributed by atoms with Gasteiger partial charge in [-0.2, -0.15) is 0 Å². The average Bonchev–Trinajstić information content (AvgIpc) is 2.59. The summed E-state index contributed by atoms with van der Waals surface area (Å²) in [4.78, 5) is 22.6. The summed E-state index contributed by atoms with van der Waals surface area (Å²) in [6.45, 7) is 1.62. The Morgan fingerprint density at radius 1 is 1.08 bits per heavy atom. The maximum absolute atomic E-state index is 11.5. The highest BCUT2D eigenvalue weighted by Gasteiger charge is 2.16. The number of benzene rings is 1. The van der Waals surface area contributed by atoms with E-state index in [2.05, 4.69) is 0 Å². The van der Waals surface area contributed by atoms with Gasteiger partial charge >= 0.3 is 5.97 Å². The number of carbonyl (C=O) groups excluding carboxylic acids is 1. The Bertz CT molecular complexity index is 582. The highest BCUT2D eigenvalue weighted by Crippen LogP contribution is 2.29. The van der Waals surface area contributed by atoms with Crippen molar-refractivity contribution in [3.8, 4) is 5.75 Å². The van der Waals surface area contributed by atoms with E-state index in [9.17, 15) is 14.7 Å². The van der Waals surface area contributed by atoms with Crippen LogP contribution in [0.1, 0.15) is 80.3 Å². The summed E-state index contributed by atoms with van der Waals surface area (Å²) in [5, 5.41) is 28.6. The van der Waals surface area contributed by atoms with Crippen LogP contribution in [0.25, 0.3) is 0 Å². The summed E-state index contributed by atoms with van der Waals surface area (Å²) in [5.41, 5.74) is 0.623. The SMILES string of the molecule is COc1ccc(C(=O)O)cc1C(O)CCCCCCCC(=O)CC(C)O. The summed E-state index contributed by atoms with van der Waals surface area (Å²) in [6, 6.07) is 4.47. The number of ketones is 1. The quantitative estimate of drug-likeness (QED) is 0.462. The van der Waals surface area contributed by atoms with Gasteiger partial charge < -0.3 is 20.1 Å². The number of rotatable bonds is 13. The molecule has 0 amide bonds. The van der Waals surface area contributed by atoms with Crippen LogP contribution < -0.4 is 4.74 Å². The zero-order chi connectivity index (χ0) is 19.5. The minimum absolute atomic E-state index is 0.0980. The molecule has 2 unspecified atom stereocenters. The van der Waals surface area contributed by atoms with Crippen LogP contribution in [0.15, 0.2) is 18.2 Å². The third-order valence-corrected chi connectivity index (χ3v) is 4.29. The lowest BCUT2D eigenvalue weighted by Gasteiger charge is -2.15. The third-order valence-electron chi connectivity index (χ3n) is 4.29. The Morgan fingerprint density at radius 3 is 2.35 bits per heavy atom. The molecule has 146 valence electrons. The van der Waals surface area contributed by atoms with Gasteiger partial charge in [-0.05, 0) is 38.0 Å². The molecule has 6 heteroatoms. The van der Waals surface area contributed by atoms with Gasteiger partial charge in [0.05, 0.1) is 24.9 Å². The second-order valence-corrected chi connectivity index (χ2v) is 6.68. The molecule has 0 saturated carbocycles. The molecular weight excluding hydrogens is 336 g/mol. The third kappa shape index (κ3) is 7.97. The molecule has 0 radical (unpaired) electrons. The van der Waals surface area contributed by atoms with Gasteiger partial charge in [0, 0.05) is 18.4 Å². The van der Waals surface area contributed by atoms with Crippen LogP contribution in [0.3, 0.4) is 0 Å². The lowest BCUT2D eigenvalue weighted by atomic mass is 9.99. The molecule has 1 aromatic rings. The fourth-order valence-electron chi connectivity index (χ4n) is 2.91. The molecule has 0 bridgehead atoms. The first kappa shape index (κ1) is 22.1. The molecule has 1 rings (SSSR count). The van der Waals surface area contributed by atoms with Gasteiger partial charge in [0.1, 0.15) is 11.5 Å². The normalized spacial score (nSPS) is 13.2. The minimum atomic E-state index is -1.04. The number of hydrogen-bond acceptors (Lipinski definition) is 5. The van der Waals surface area contributed by atoms with Crippen molar-refractivity contribution in [2.45, 2.75) is 70.5 Å². The number of aliphatic hydroxyl groups excluding tert-OH is 2. The van der Waals surface area contributed by atoms with Crippen LogP contribution in [-0.4, -0.2) is 40.3 Å². The van der Waals surface area contributed by atoms with Gasteiger partial charge in [0.25, 0.3) is 0 Å². The number of carbonyl (C=O) groups is 2. The summed E-state index contributed by atoms with van der Waals surface area (Å²) < 4.78 is 5.21. The van der Waals surface area contributed by atoms with E-state index < -0.39 is 18.2 Å². The second kappa shape index (κ2) is 11.6. The van der Waals surface area contributed by atoms with E-state index in [1.54, 1.807) is 13.0 Å². The number of Topliss-reactive ketones (excluding diaryl/α,β-unsaturated/α-hetero) is 1. The van der Waals surface area contributed by atoms with Crippen molar-refractivity contribution in [2.24, 2.45) is 0 Å². The fourth-order valence-corrected chi connectivity index (χ4v) is 2.91. The van der Waals surface area contributed by atoms with Crippen molar-refractivity contribution in [3.63, 3.8) is 0 Å². The Labute approximate surface area is 154 Å². The molecule has 0 aromatic heterocycles. The van der Waals surface area contributed by atoms with E-state index in [1.807, 2.05) is 0 Å². The monoisotopic (exact) mass is 366 g/mol. The van der Waals surface area contributed by atoms with Crippen LogP contribution in [-0.2, 0) is 4.79 Å². The van der Waals surface area contributed by atoms with Gasteiger partial charge in [-0.25, -0.2) is 4.79 Å². The zero-order valence-electron chi connectivity index (χ0n) is 15.6. The number of ether oxygens (including phenoxy) is 1. The van der Waals surface area contributed by atoms with Crippen LogP contribution >= 0.6 is 0 Å². The molecule has 0 saturated heterocycles. The molecule has 0 fully saturated rings. The van der Waals surface area contributed by atoms with E-state index in [-0.39, 0.29) is 17.8 Å². The van der Waals surface area contributed by atoms with Gasteiger partial charge in [0.2, 0.25) is 0 Å². The Morgan fingerprint density at radius 2 is 1.73 bits per heavy atom. The van der Waals surface area contributed by atoms with Crippen molar-refractivity contribution < 1.29 is 29.6 Å². The van der Waals surface area contributed by atoms with E-state index in [0.29, 0.717) is 24.2 Å². The fraction of sp³-hybridized carbons (Fsp3) is 0.600. The topological polar surface area (TPSA) is 104 Å². The molecule has 0 aliphatic rings. The number of carboxylic acids is 1. The van der Waals surface area contributed by atoms with Gasteiger partial charge in [-0.15, -0.1) is 0 Å². The molecule has 0 spiro atoms. The molecule has 2 atom stereocenters. The molecule has 6 nitrogen and oxygen atoms in total. The maximum atomic E-state index is 11.5. The molecule has 26 heavy (non-hydrogen) atoms. The highest BCUT2D eigenvalue weighted by atomic mass is 16.5. The van der Waals surface area contributed by atoms with Gasteiger partial charge in [-0.3, -0.25) is 4.79 Å². The first-order chi connectivity index (χ1) is 12.3. The first-order valence-electron chi connectivity index (χ1n) is 9.14. The van der Waals surface area contributed by atoms with Crippen LogP contribution in [0.4, 0.5) is 0 Å². The smallest absolute Gasteiger partial charge is 0.335 e. The molecular formula is C20H30O6. The largest absolute Gasteiger partial charge is 0.496 e. The number of hydrogen-bond donors (Lipinski definition) is 3. The minimum Gasteiger partial charge on any atom is -0.496 e. The Balaban J connectivity index is 2.32. The van der Waals surface area contributed by atoms with Gasteiger partial charge in [-0.1, -0.05) is 25.7 Å². The molecule has 3 N–H and O–H groups in total. The summed E-state index contributed by atoms with van der Waals surface area (Å²) in [5.74, 6) is -0.453. The number of aliphatic hydroxyl groups is 2. The predicted octanol–water partition coefficient (Wildman–Crippen LogP) is 3.50. The van der Waals surface area contributed by atoms with Crippen molar-refractivity contribution >= 4 is 11.8 Å². The van der Waals surface area contributed by atoms with Crippen molar-refractivity contribution in [1.82, 2.24) is 0 Å². The maximum Gasteiger partial charge on any atom is 0.335 e. The summed E-state index contributed by atoms with van der Waals surface area (Å²) >= 11 is 0. The average molecular weight is 366 g/mol. The molecule has 0 heterocycles. The Kier molecular flexibility index (Phi) is 9.91. The zero-order valence-corrected chi connectivity index (χ0v) is 15.6.